The van der Waals surface area contributed by atoms with Crippen LogP contribution in [0.25, 0.3) is 11.2 Å². The SMILES string of the molecule is Cc1cccc(CSc2nc(N)nc3c2ncn3[C@@H]2O[C@@H](CO)[C@@H](O)[C@H]2O)n1. The first-order valence-electron chi connectivity index (χ1n) is 8.65. The summed E-state index contributed by atoms with van der Waals surface area (Å²) in [7, 11) is 0. The van der Waals surface area contributed by atoms with Crippen molar-refractivity contribution >= 4 is 28.9 Å². The summed E-state index contributed by atoms with van der Waals surface area (Å²) < 4.78 is 7.06. The highest BCUT2D eigenvalue weighted by molar-refractivity contribution is 7.98. The van der Waals surface area contributed by atoms with E-state index < -0.39 is 31.1 Å². The molecule has 0 amide bonds. The fourth-order valence-electron chi connectivity index (χ4n) is 3.13. The molecule has 0 aromatic carbocycles. The van der Waals surface area contributed by atoms with Gasteiger partial charge in [-0.05, 0) is 19.1 Å². The number of ether oxygens (including phenoxy) is 1. The van der Waals surface area contributed by atoms with E-state index in [1.54, 1.807) is 0 Å². The van der Waals surface area contributed by atoms with Gasteiger partial charge in [0.1, 0.15) is 28.9 Å². The number of hydrogen-bond donors (Lipinski definition) is 4. The third kappa shape index (κ3) is 3.42. The molecule has 11 heteroatoms. The largest absolute Gasteiger partial charge is 0.394 e. The molecule has 0 unspecified atom stereocenters. The van der Waals surface area contributed by atoms with Crippen LogP contribution in [0.4, 0.5) is 5.95 Å². The zero-order valence-corrected chi connectivity index (χ0v) is 15.8. The molecule has 148 valence electrons. The Kier molecular flexibility index (Phi) is 5.17. The van der Waals surface area contributed by atoms with Gasteiger partial charge < -0.3 is 25.8 Å². The summed E-state index contributed by atoms with van der Waals surface area (Å²) in [4.78, 5) is 17.3. The molecule has 1 saturated heterocycles. The van der Waals surface area contributed by atoms with E-state index in [0.29, 0.717) is 21.9 Å². The van der Waals surface area contributed by atoms with Crippen molar-refractivity contribution in [3.8, 4) is 0 Å². The second-order valence-electron chi connectivity index (χ2n) is 6.50. The van der Waals surface area contributed by atoms with Gasteiger partial charge in [0.25, 0.3) is 0 Å². The van der Waals surface area contributed by atoms with Crippen molar-refractivity contribution in [2.75, 3.05) is 12.3 Å². The Morgan fingerprint density at radius 3 is 2.75 bits per heavy atom. The normalized spacial score (nSPS) is 24.9. The summed E-state index contributed by atoms with van der Waals surface area (Å²) >= 11 is 1.43. The molecule has 0 aliphatic carbocycles. The van der Waals surface area contributed by atoms with E-state index in [9.17, 15) is 15.3 Å². The number of aliphatic hydroxyl groups is 3. The number of pyridine rings is 1. The summed E-state index contributed by atoms with van der Waals surface area (Å²) in [5.41, 5.74) is 8.59. The fourth-order valence-corrected chi connectivity index (χ4v) is 4.01. The van der Waals surface area contributed by atoms with Crippen LogP contribution in [0, 0.1) is 6.92 Å². The molecule has 3 aromatic rings. The van der Waals surface area contributed by atoms with Crippen LogP contribution >= 0.6 is 11.8 Å². The minimum atomic E-state index is -1.24. The molecule has 3 aromatic heterocycles. The molecule has 4 heterocycles. The number of thioether (sulfide) groups is 1. The molecule has 28 heavy (non-hydrogen) atoms. The maximum Gasteiger partial charge on any atom is 0.223 e. The quantitative estimate of drug-likeness (QED) is 0.338. The van der Waals surface area contributed by atoms with E-state index >= 15 is 0 Å². The van der Waals surface area contributed by atoms with Crippen LogP contribution in [0.3, 0.4) is 0 Å². The van der Waals surface area contributed by atoms with Gasteiger partial charge in [0.05, 0.1) is 18.6 Å². The molecule has 4 rings (SSSR count). The standard InChI is InChI=1S/C17H20N6O4S/c1-8-3-2-4-9(20-8)6-28-15-11-14(21-17(18)22-15)23(7-19-11)16-13(26)12(25)10(5-24)27-16/h2-4,7,10,12-13,16,24-26H,5-6H2,1H3,(H2,18,21,22)/t10-,12+,13+,16+/m0/s1. The molecule has 1 aliphatic heterocycles. The highest BCUT2D eigenvalue weighted by atomic mass is 32.2. The van der Waals surface area contributed by atoms with E-state index in [-0.39, 0.29) is 5.95 Å². The van der Waals surface area contributed by atoms with Gasteiger partial charge in [-0.25, -0.2) is 9.97 Å². The monoisotopic (exact) mass is 404 g/mol. The van der Waals surface area contributed by atoms with Crippen LogP contribution in [0.1, 0.15) is 17.6 Å². The molecule has 0 spiro atoms. The lowest BCUT2D eigenvalue weighted by atomic mass is 10.1. The van der Waals surface area contributed by atoms with Gasteiger partial charge in [0.2, 0.25) is 5.95 Å². The van der Waals surface area contributed by atoms with E-state index in [4.69, 9.17) is 10.5 Å². The molecule has 10 nitrogen and oxygen atoms in total. The lowest BCUT2D eigenvalue weighted by molar-refractivity contribution is -0.0511. The third-order valence-corrected chi connectivity index (χ3v) is 5.50. The average molecular weight is 404 g/mol. The van der Waals surface area contributed by atoms with Crippen molar-refractivity contribution in [1.29, 1.82) is 0 Å². The Morgan fingerprint density at radius 2 is 2.04 bits per heavy atom. The summed E-state index contributed by atoms with van der Waals surface area (Å²) in [6.45, 7) is 1.51. The molecule has 0 saturated carbocycles. The van der Waals surface area contributed by atoms with E-state index in [1.807, 2.05) is 25.1 Å². The topological polar surface area (TPSA) is 152 Å². The smallest absolute Gasteiger partial charge is 0.223 e. The number of hydrogen-bond acceptors (Lipinski definition) is 10. The lowest BCUT2D eigenvalue weighted by Crippen LogP contribution is -2.33. The molecular formula is C17H20N6O4S. The minimum absolute atomic E-state index is 0.0562. The van der Waals surface area contributed by atoms with Crippen LogP contribution in [0.5, 0.6) is 0 Å². The predicted molar refractivity (Wildman–Crippen MR) is 101 cm³/mol. The van der Waals surface area contributed by atoms with Gasteiger partial charge in [-0.1, -0.05) is 17.8 Å². The maximum absolute atomic E-state index is 10.3. The molecule has 5 N–H and O–H groups in total. The van der Waals surface area contributed by atoms with Gasteiger partial charge in [0, 0.05) is 11.4 Å². The van der Waals surface area contributed by atoms with Gasteiger partial charge in [0.15, 0.2) is 11.9 Å². The fraction of sp³-hybridized carbons (Fsp3) is 0.412. The van der Waals surface area contributed by atoms with Gasteiger partial charge in [-0.2, -0.15) is 4.98 Å². The number of aliphatic hydroxyl groups excluding tert-OH is 3. The van der Waals surface area contributed by atoms with Crippen LogP contribution in [0.2, 0.25) is 0 Å². The van der Waals surface area contributed by atoms with Crippen molar-refractivity contribution in [1.82, 2.24) is 24.5 Å². The number of anilines is 1. The number of rotatable bonds is 5. The highest BCUT2D eigenvalue weighted by Crippen LogP contribution is 2.34. The number of nitrogens with two attached hydrogens (primary N) is 1. The highest BCUT2D eigenvalue weighted by Gasteiger charge is 2.44. The number of nitrogens with zero attached hydrogens (tertiary/aromatic N) is 5. The summed E-state index contributed by atoms with van der Waals surface area (Å²) in [6.07, 6.45) is -2.83. The number of aromatic nitrogens is 5. The molecule has 1 fully saturated rings. The summed E-state index contributed by atoms with van der Waals surface area (Å²) in [5, 5.41) is 30.2. The number of nitrogen functional groups attached to an aromatic ring is 1. The Morgan fingerprint density at radius 1 is 1.21 bits per heavy atom. The van der Waals surface area contributed by atoms with Crippen molar-refractivity contribution < 1.29 is 20.1 Å². The summed E-state index contributed by atoms with van der Waals surface area (Å²) in [6, 6.07) is 5.80. The van der Waals surface area contributed by atoms with E-state index in [0.717, 1.165) is 11.4 Å². The van der Waals surface area contributed by atoms with Gasteiger partial charge >= 0.3 is 0 Å². The molecular weight excluding hydrogens is 384 g/mol. The van der Waals surface area contributed by atoms with Crippen LogP contribution in [-0.4, -0.2) is 64.7 Å². The third-order valence-electron chi connectivity index (χ3n) is 4.50. The first kappa shape index (κ1) is 19.0. The van der Waals surface area contributed by atoms with Crippen molar-refractivity contribution in [2.24, 2.45) is 0 Å². The number of aryl methyl sites for hydroxylation is 1. The Hall–Kier alpha value is -2.31. The molecule has 0 bridgehead atoms. The van der Waals surface area contributed by atoms with Crippen LogP contribution in [-0.2, 0) is 10.5 Å². The second kappa shape index (κ2) is 7.60. The first-order valence-corrected chi connectivity index (χ1v) is 9.64. The minimum Gasteiger partial charge on any atom is -0.394 e. The van der Waals surface area contributed by atoms with Gasteiger partial charge in [-0.3, -0.25) is 9.55 Å². The van der Waals surface area contributed by atoms with Crippen molar-refractivity contribution in [2.45, 2.75) is 42.2 Å². The van der Waals surface area contributed by atoms with Crippen LogP contribution < -0.4 is 5.73 Å². The zero-order valence-electron chi connectivity index (χ0n) is 15.0. The Bertz CT molecular complexity index is 999. The number of imidazole rings is 1. The van der Waals surface area contributed by atoms with E-state index in [1.165, 1.54) is 22.7 Å². The Labute approximate surface area is 164 Å². The molecule has 4 atom stereocenters. The number of fused-ring (bicyclic) bond motifs is 1. The molecule has 0 radical (unpaired) electrons. The lowest BCUT2D eigenvalue weighted by Gasteiger charge is -2.16. The zero-order chi connectivity index (χ0) is 19.8. The van der Waals surface area contributed by atoms with Gasteiger partial charge in [-0.15, -0.1) is 0 Å². The first-order chi connectivity index (χ1) is 13.5. The molecule has 1 aliphatic rings. The average Bonchev–Trinajstić information content (AvgIpc) is 3.21. The maximum atomic E-state index is 10.3. The summed E-state index contributed by atoms with van der Waals surface area (Å²) in [5.74, 6) is 0.634. The Balaban J connectivity index is 1.65. The predicted octanol–water partition coefficient (Wildman–Crippen LogP) is 0.0157. The second-order valence-corrected chi connectivity index (χ2v) is 7.46. The van der Waals surface area contributed by atoms with Crippen molar-refractivity contribution in [3.63, 3.8) is 0 Å². The van der Waals surface area contributed by atoms with Crippen molar-refractivity contribution in [3.05, 3.63) is 35.9 Å². The van der Waals surface area contributed by atoms with E-state index in [2.05, 4.69) is 19.9 Å². The van der Waals surface area contributed by atoms with Crippen LogP contribution in [0.15, 0.2) is 29.6 Å².